The molecule has 0 bridgehead atoms. The van der Waals surface area contributed by atoms with E-state index in [1.165, 1.54) is 11.1 Å². The predicted octanol–water partition coefficient (Wildman–Crippen LogP) is 6.52. The summed E-state index contributed by atoms with van der Waals surface area (Å²) in [4.78, 5) is 43.0. The second-order valence-electron chi connectivity index (χ2n) is 13.8. The number of piperidine rings is 1. The van der Waals surface area contributed by atoms with E-state index in [4.69, 9.17) is 21.3 Å². The zero-order chi connectivity index (χ0) is 32.4. The van der Waals surface area contributed by atoms with Gasteiger partial charge in [0, 0.05) is 67.4 Å². The third kappa shape index (κ3) is 7.60. The zero-order valence-electron chi connectivity index (χ0n) is 27.0. The average Bonchev–Trinajstić information content (AvgIpc) is 3.49. The van der Waals surface area contributed by atoms with Crippen LogP contribution in [0, 0.1) is 5.92 Å². The van der Waals surface area contributed by atoms with Gasteiger partial charge in [0.05, 0.1) is 18.1 Å². The van der Waals surface area contributed by atoms with E-state index in [-0.39, 0.29) is 11.9 Å². The third-order valence-electron chi connectivity index (χ3n) is 9.49. The molecular formula is C35H44BrClN6O3. The summed E-state index contributed by atoms with van der Waals surface area (Å²) in [5, 5.41) is 0.713. The van der Waals surface area contributed by atoms with Gasteiger partial charge in [-0.1, -0.05) is 17.7 Å². The molecule has 2 unspecified atom stereocenters. The topological polar surface area (TPSA) is 83.8 Å². The van der Waals surface area contributed by atoms with E-state index in [0.717, 1.165) is 60.8 Å². The molecule has 0 spiro atoms. The number of benzene rings is 1. The highest BCUT2D eigenvalue weighted by molar-refractivity contribution is 9.10. The lowest BCUT2D eigenvalue weighted by atomic mass is 9.91. The van der Waals surface area contributed by atoms with Gasteiger partial charge in [-0.2, -0.15) is 0 Å². The van der Waals surface area contributed by atoms with Crippen molar-refractivity contribution in [3.05, 3.63) is 81.1 Å². The van der Waals surface area contributed by atoms with E-state index in [2.05, 4.69) is 48.6 Å². The van der Waals surface area contributed by atoms with Crippen LogP contribution in [0.2, 0.25) is 5.02 Å². The second-order valence-corrected chi connectivity index (χ2v) is 15.2. The monoisotopic (exact) mass is 710 g/mol. The van der Waals surface area contributed by atoms with Gasteiger partial charge in [0.25, 0.3) is 0 Å². The number of hydrogen-bond donors (Lipinski definition) is 0. The van der Waals surface area contributed by atoms with Gasteiger partial charge in [-0.15, -0.1) is 0 Å². The van der Waals surface area contributed by atoms with Gasteiger partial charge in [-0.3, -0.25) is 19.6 Å². The Morgan fingerprint density at radius 2 is 1.85 bits per heavy atom. The lowest BCUT2D eigenvalue weighted by Crippen LogP contribution is -2.62. The number of imidazole rings is 1. The molecule has 9 nitrogen and oxygen atoms in total. The molecule has 11 heteroatoms. The molecule has 0 radical (unpaired) electrons. The summed E-state index contributed by atoms with van der Waals surface area (Å²) in [7, 11) is 0. The maximum absolute atomic E-state index is 14.4. The number of nitrogens with zero attached hydrogens (tertiary/aromatic N) is 6. The van der Waals surface area contributed by atoms with Crippen molar-refractivity contribution in [1.29, 1.82) is 0 Å². The van der Waals surface area contributed by atoms with Crippen molar-refractivity contribution < 1.29 is 14.3 Å². The smallest absolute Gasteiger partial charge is 0.411 e. The number of carbonyl (C=O) groups excluding carboxylic acids is 2. The van der Waals surface area contributed by atoms with Crippen LogP contribution in [0.5, 0.6) is 0 Å². The van der Waals surface area contributed by atoms with Gasteiger partial charge in [-0.05, 0) is 116 Å². The first-order valence-corrected chi connectivity index (χ1v) is 17.6. The molecule has 1 aromatic carbocycles. The Kier molecular flexibility index (Phi) is 10.1. The molecule has 2 fully saturated rings. The Morgan fingerprint density at radius 1 is 1.07 bits per heavy atom. The van der Waals surface area contributed by atoms with Crippen LogP contribution in [0.3, 0.4) is 0 Å². The van der Waals surface area contributed by atoms with Crippen LogP contribution in [-0.2, 0) is 28.9 Å². The van der Waals surface area contributed by atoms with E-state index in [0.29, 0.717) is 43.7 Å². The van der Waals surface area contributed by atoms with Crippen molar-refractivity contribution in [2.24, 2.45) is 5.92 Å². The molecule has 2 atom stereocenters. The molecule has 2 amide bonds. The normalized spacial score (nSPS) is 21.0. The van der Waals surface area contributed by atoms with Gasteiger partial charge in [-0.25, -0.2) is 9.78 Å². The zero-order valence-corrected chi connectivity index (χ0v) is 29.3. The number of carbonyl (C=O) groups is 2. The number of amides is 2. The fraction of sp³-hybridized carbons (Fsp3) is 0.543. The van der Waals surface area contributed by atoms with Crippen molar-refractivity contribution in [3.63, 3.8) is 0 Å². The van der Waals surface area contributed by atoms with Crippen molar-refractivity contribution in [2.45, 2.75) is 83.5 Å². The largest absolute Gasteiger partial charge is 0.444 e. The number of likely N-dealkylation sites (tertiary alicyclic amines) is 1. The maximum Gasteiger partial charge on any atom is 0.411 e. The number of halogens is 2. The Hall–Kier alpha value is -2.95. The molecule has 6 rings (SSSR count). The number of rotatable bonds is 6. The average molecular weight is 712 g/mol. The van der Waals surface area contributed by atoms with Gasteiger partial charge in [0.15, 0.2) is 0 Å². The lowest BCUT2D eigenvalue weighted by Gasteiger charge is -2.45. The number of hydrogen-bond acceptors (Lipinski definition) is 6. The van der Waals surface area contributed by atoms with E-state index >= 15 is 0 Å². The van der Waals surface area contributed by atoms with Crippen LogP contribution in [-0.4, -0.2) is 85.6 Å². The number of fused-ring (bicyclic) bond motifs is 2. The van der Waals surface area contributed by atoms with E-state index in [9.17, 15) is 9.59 Å². The van der Waals surface area contributed by atoms with Gasteiger partial charge < -0.3 is 14.2 Å². The molecular weight excluding hydrogens is 668 g/mol. The first-order chi connectivity index (χ1) is 22.1. The van der Waals surface area contributed by atoms with E-state index < -0.39 is 17.7 Å². The Labute approximate surface area is 285 Å². The summed E-state index contributed by atoms with van der Waals surface area (Å²) in [5.74, 6) is 0.593. The Morgan fingerprint density at radius 3 is 2.59 bits per heavy atom. The minimum Gasteiger partial charge on any atom is -0.444 e. The lowest BCUT2D eigenvalue weighted by molar-refractivity contribution is -0.141. The van der Waals surface area contributed by atoms with Crippen molar-refractivity contribution in [3.8, 4) is 0 Å². The van der Waals surface area contributed by atoms with E-state index in [1.807, 2.05) is 56.7 Å². The second kappa shape index (κ2) is 14.0. The predicted molar refractivity (Wildman–Crippen MR) is 182 cm³/mol. The minimum atomic E-state index is -0.660. The van der Waals surface area contributed by atoms with Crippen LogP contribution < -0.4 is 0 Å². The Balaban J connectivity index is 1.23. The minimum absolute atomic E-state index is 0.00126. The first kappa shape index (κ1) is 33.0. The van der Waals surface area contributed by atoms with Gasteiger partial charge in [0.2, 0.25) is 5.91 Å². The molecule has 2 saturated heterocycles. The summed E-state index contributed by atoms with van der Waals surface area (Å²) >= 11 is 10.1. The molecule has 46 heavy (non-hydrogen) atoms. The molecule has 2 aliphatic heterocycles. The summed E-state index contributed by atoms with van der Waals surface area (Å²) < 4.78 is 8.90. The standard InChI is InChI=1S/C35H44BrClN6O3/c1-35(2,3)46-34(45)43-18-17-42(32-29-9-8-28(37)20-25(29)6-7-26-19-27(36)21-39-31(26)32)22-30(43)33(44)41-14-10-24(11-15-41)5-4-13-40-16-12-38-23-40/h8-9,12,16,19-21,23-24,30,32H,4-7,10-11,13-15,17-18,22H2,1-3H3. The molecule has 0 saturated carbocycles. The van der Waals surface area contributed by atoms with Crippen LogP contribution in [0.4, 0.5) is 4.79 Å². The fourth-order valence-corrected chi connectivity index (χ4v) is 7.78. The summed E-state index contributed by atoms with van der Waals surface area (Å²) in [6.07, 6.45) is 13.0. The summed E-state index contributed by atoms with van der Waals surface area (Å²) in [6, 6.07) is 7.45. The van der Waals surface area contributed by atoms with Crippen molar-refractivity contribution in [1.82, 2.24) is 29.2 Å². The SMILES string of the molecule is CC(C)(C)OC(=O)N1CCN(C2c3ccc(Cl)cc3CCc3cc(Br)cnc32)CC1C(=O)N1CCC(CCCn2ccnc2)CC1. The maximum atomic E-state index is 14.4. The van der Waals surface area contributed by atoms with Gasteiger partial charge >= 0.3 is 6.09 Å². The van der Waals surface area contributed by atoms with E-state index in [1.54, 1.807) is 4.90 Å². The van der Waals surface area contributed by atoms with Crippen LogP contribution in [0.1, 0.15) is 74.9 Å². The quantitative estimate of drug-likeness (QED) is 0.290. The fourth-order valence-electron chi connectivity index (χ4n) is 7.21. The molecule has 2 aromatic heterocycles. The molecule has 4 heterocycles. The molecule has 3 aromatic rings. The molecule has 0 N–H and O–H groups in total. The number of aryl methyl sites for hydroxylation is 3. The van der Waals surface area contributed by atoms with Crippen LogP contribution >= 0.6 is 27.5 Å². The van der Waals surface area contributed by atoms with Gasteiger partial charge in [0.1, 0.15) is 11.6 Å². The van der Waals surface area contributed by atoms with Crippen LogP contribution in [0.15, 0.2) is 53.7 Å². The highest BCUT2D eigenvalue weighted by atomic mass is 79.9. The molecule has 246 valence electrons. The summed E-state index contributed by atoms with van der Waals surface area (Å²) in [5.41, 5.74) is 3.87. The molecule has 3 aliphatic rings. The number of pyridine rings is 1. The number of piperazine rings is 1. The summed E-state index contributed by atoms with van der Waals surface area (Å²) in [6.45, 7) is 9.35. The highest BCUT2D eigenvalue weighted by Crippen LogP contribution is 2.39. The highest BCUT2D eigenvalue weighted by Gasteiger charge is 2.43. The van der Waals surface area contributed by atoms with Crippen molar-refractivity contribution in [2.75, 3.05) is 32.7 Å². The third-order valence-corrected chi connectivity index (χ3v) is 10.2. The first-order valence-electron chi connectivity index (χ1n) is 16.5. The van der Waals surface area contributed by atoms with Crippen LogP contribution in [0.25, 0.3) is 0 Å². The molecule has 1 aliphatic carbocycles. The number of ether oxygens (including phenoxy) is 1. The van der Waals surface area contributed by atoms with Crippen molar-refractivity contribution >= 4 is 39.5 Å². The Bertz CT molecular complexity index is 1480. The number of aromatic nitrogens is 3.